The monoisotopic (exact) mass is 277 g/mol. The third-order valence-corrected chi connectivity index (χ3v) is 2.54. The van der Waals surface area contributed by atoms with Crippen LogP contribution in [0, 0.1) is 10.1 Å². The number of fused-ring (bicyclic) bond motifs is 1. The van der Waals surface area contributed by atoms with Crippen LogP contribution in [-0.2, 0) is 16.1 Å². The van der Waals surface area contributed by atoms with Crippen molar-refractivity contribution in [2.45, 2.75) is 32.9 Å². The number of carbonyl (C=O) groups excluding carboxylic acids is 1. The zero-order valence-electron chi connectivity index (χ0n) is 11.5. The highest BCUT2D eigenvalue weighted by Gasteiger charge is 2.18. The average molecular weight is 277 g/mol. The molecular formula is C13H15N3O4. The number of benzene rings is 1. The van der Waals surface area contributed by atoms with Crippen LogP contribution >= 0.6 is 0 Å². The van der Waals surface area contributed by atoms with Crippen LogP contribution in [0.1, 0.15) is 20.8 Å². The van der Waals surface area contributed by atoms with Gasteiger partial charge in [0.25, 0.3) is 5.69 Å². The molecule has 106 valence electrons. The standard InChI is InChI=1S/C13H15N3O4/c1-13(2,3)20-12(17)8-15-11-6-10(16(18)19)5-4-9(11)7-14-15/h4-7H,8H2,1-3H3. The number of nitrogens with zero attached hydrogens (tertiary/aromatic N) is 3. The maximum absolute atomic E-state index is 11.8. The minimum atomic E-state index is -0.577. The maximum Gasteiger partial charge on any atom is 0.328 e. The fraction of sp³-hybridized carbons (Fsp3) is 0.385. The number of rotatable bonds is 3. The van der Waals surface area contributed by atoms with Gasteiger partial charge in [0.1, 0.15) is 12.1 Å². The topological polar surface area (TPSA) is 87.3 Å². The molecule has 0 fully saturated rings. The summed E-state index contributed by atoms with van der Waals surface area (Å²) in [6.07, 6.45) is 1.56. The van der Waals surface area contributed by atoms with Crippen LogP contribution in [0.15, 0.2) is 24.4 Å². The van der Waals surface area contributed by atoms with Crippen LogP contribution in [0.2, 0.25) is 0 Å². The van der Waals surface area contributed by atoms with Crippen LogP contribution in [0.5, 0.6) is 0 Å². The molecule has 0 N–H and O–H groups in total. The first-order chi connectivity index (χ1) is 9.26. The van der Waals surface area contributed by atoms with Gasteiger partial charge in [-0.05, 0) is 26.8 Å². The molecule has 7 heteroatoms. The van der Waals surface area contributed by atoms with E-state index >= 15 is 0 Å². The van der Waals surface area contributed by atoms with Crippen molar-refractivity contribution in [3.63, 3.8) is 0 Å². The van der Waals surface area contributed by atoms with E-state index in [1.165, 1.54) is 16.8 Å². The van der Waals surface area contributed by atoms with E-state index in [2.05, 4.69) is 5.10 Å². The molecule has 0 bridgehead atoms. The summed E-state index contributed by atoms with van der Waals surface area (Å²) in [5, 5.41) is 15.6. The van der Waals surface area contributed by atoms with Crippen molar-refractivity contribution in [1.82, 2.24) is 9.78 Å². The Morgan fingerprint density at radius 1 is 1.45 bits per heavy atom. The van der Waals surface area contributed by atoms with Gasteiger partial charge in [-0.2, -0.15) is 5.10 Å². The summed E-state index contributed by atoms with van der Waals surface area (Å²) in [4.78, 5) is 22.1. The number of non-ortho nitro benzene ring substituents is 1. The van der Waals surface area contributed by atoms with Crippen LogP contribution in [-0.4, -0.2) is 26.3 Å². The second-order valence-corrected chi connectivity index (χ2v) is 5.39. The fourth-order valence-electron chi connectivity index (χ4n) is 1.79. The number of aromatic nitrogens is 2. The van der Waals surface area contributed by atoms with Gasteiger partial charge >= 0.3 is 5.97 Å². The number of ether oxygens (including phenoxy) is 1. The van der Waals surface area contributed by atoms with Crippen molar-refractivity contribution in [2.24, 2.45) is 0 Å². The SMILES string of the molecule is CC(C)(C)OC(=O)Cn1ncc2ccc([N+](=O)[O-])cc21. The molecular weight excluding hydrogens is 262 g/mol. The Hall–Kier alpha value is -2.44. The van der Waals surface area contributed by atoms with Gasteiger partial charge in [-0.25, -0.2) is 0 Å². The van der Waals surface area contributed by atoms with E-state index in [1.807, 2.05) is 0 Å². The first-order valence-corrected chi connectivity index (χ1v) is 6.08. The number of nitro benzene ring substituents is 1. The average Bonchev–Trinajstić information content (AvgIpc) is 2.69. The lowest BCUT2D eigenvalue weighted by atomic mass is 10.2. The van der Waals surface area contributed by atoms with Gasteiger partial charge < -0.3 is 4.74 Å². The first kappa shape index (κ1) is 14.0. The third-order valence-electron chi connectivity index (χ3n) is 2.54. The third kappa shape index (κ3) is 3.11. The number of hydrogen-bond donors (Lipinski definition) is 0. The van der Waals surface area contributed by atoms with Gasteiger partial charge in [0.05, 0.1) is 16.6 Å². The van der Waals surface area contributed by atoms with Gasteiger partial charge in [-0.3, -0.25) is 19.6 Å². The van der Waals surface area contributed by atoms with Crippen molar-refractivity contribution < 1.29 is 14.5 Å². The smallest absolute Gasteiger partial charge is 0.328 e. The molecule has 2 rings (SSSR count). The molecule has 0 saturated carbocycles. The fourth-order valence-corrected chi connectivity index (χ4v) is 1.79. The molecule has 2 aromatic rings. The Labute approximate surface area is 115 Å². The molecule has 1 aromatic carbocycles. The van der Waals surface area contributed by atoms with Crippen LogP contribution in [0.4, 0.5) is 5.69 Å². The van der Waals surface area contributed by atoms with E-state index in [-0.39, 0.29) is 12.2 Å². The lowest BCUT2D eigenvalue weighted by Crippen LogP contribution is -2.26. The second kappa shape index (κ2) is 4.92. The molecule has 20 heavy (non-hydrogen) atoms. The summed E-state index contributed by atoms with van der Waals surface area (Å²) >= 11 is 0. The molecule has 0 saturated heterocycles. The molecule has 0 aliphatic rings. The van der Waals surface area contributed by atoms with Gasteiger partial charge in [-0.1, -0.05) is 0 Å². The summed E-state index contributed by atoms with van der Waals surface area (Å²) in [5.41, 5.74) is -0.0834. The molecule has 0 atom stereocenters. The van der Waals surface area contributed by atoms with Gasteiger partial charge in [0.15, 0.2) is 0 Å². The lowest BCUT2D eigenvalue weighted by Gasteiger charge is -2.19. The minimum absolute atomic E-state index is 0.0385. The van der Waals surface area contributed by atoms with Crippen molar-refractivity contribution >= 4 is 22.6 Å². The molecule has 0 amide bonds. The van der Waals surface area contributed by atoms with E-state index in [1.54, 1.807) is 33.0 Å². The molecule has 0 spiro atoms. The normalized spacial score (nSPS) is 11.6. The Morgan fingerprint density at radius 3 is 2.75 bits per heavy atom. The maximum atomic E-state index is 11.8. The van der Waals surface area contributed by atoms with E-state index in [0.29, 0.717) is 5.52 Å². The van der Waals surface area contributed by atoms with Crippen LogP contribution < -0.4 is 0 Å². The molecule has 0 unspecified atom stereocenters. The highest BCUT2D eigenvalue weighted by Crippen LogP contribution is 2.20. The largest absolute Gasteiger partial charge is 0.459 e. The molecule has 7 nitrogen and oxygen atoms in total. The number of nitro groups is 1. The number of esters is 1. The number of carbonyl (C=O) groups is 1. The van der Waals surface area contributed by atoms with Gasteiger partial charge in [-0.15, -0.1) is 0 Å². The molecule has 0 aliphatic heterocycles. The van der Waals surface area contributed by atoms with Gasteiger partial charge in [0.2, 0.25) is 0 Å². The quantitative estimate of drug-likeness (QED) is 0.488. The number of hydrogen-bond acceptors (Lipinski definition) is 5. The Bertz CT molecular complexity index is 670. The summed E-state index contributed by atoms with van der Waals surface area (Å²) in [7, 11) is 0. The molecule has 0 radical (unpaired) electrons. The molecule has 1 aromatic heterocycles. The van der Waals surface area contributed by atoms with Crippen LogP contribution in [0.25, 0.3) is 10.9 Å². The summed E-state index contributed by atoms with van der Waals surface area (Å²) in [6.45, 7) is 5.24. The Balaban J connectivity index is 2.28. The second-order valence-electron chi connectivity index (χ2n) is 5.39. The predicted octanol–water partition coefficient (Wildman–Crippen LogP) is 2.29. The summed E-state index contributed by atoms with van der Waals surface area (Å²) < 4.78 is 6.60. The first-order valence-electron chi connectivity index (χ1n) is 6.08. The van der Waals surface area contributed by atoms with E-state index < -0.39 is 16.5 Å². The zero-order valence-corrected chi connectivity index (χ0v) is 11.5. The highest BCUT2D eigenvalue weighted by molar-refractivity contribution is 5.82. The van der Waals surface area contributed by atoms with Gasteiger partial charge in [0, 0.05) is 17.5 Å². The van der Waals surface area contributed by atoms with E-state index in [0.717, 1.165) is 5.39 Å². The zero-order chi connectivity index (χ0) is 14.9. The Kier molecular flexibility index (Phi) is 3.44. The highest BCUT2D eigenvalue weighted by atomic mass is 16.6. The van der Waals surface area contributed by atoms with Crippen molar-refractivity contribution in [3.8, 4) is 0 Å². The van der Waals surface area contributed by atoms with Crippen molar-refractivity contribution in [2.75, 3.05) is 0 Å². The molecule has 1 heterocycles. The van der Waals surface area contributed by atoms with Crippen molar-refractivity contribution in [3.05, 3.63) is 34.5 Å². The Morgan fingerprint density at radius 2 is 2.15 bits per heavy atom. The minimum Gasteiger partial charge on any atom is -0.459 e. The van der Waals surface area contributed by atoms with E-state index in [4.69, 9.17) is 4.74 Å². The predicted molar refractivity (Wildman–Crippen MR) is 72.2 cm³/mol. The van der Waals surface area contributed by atoms with Crippen molar-refractivity contribution in [1.29, 1.82) is 0 Å². The van der Waals surface area contributed by atoms with Crippen LogP contribution in [0.3, 0.4) is 0 Å². The summed E-state index contributed by atoms with van der Waals surface area (Å²) in [5.74, 6) is -0.436. The van der Waals surface area contributed by atoms with E-state index in [9.17, 15) is 14.9 Å². The lowest BCUT2D eigenvalue weighted by molar-refractivity contribution is -0.384. The molecule has 0 aliphatic carbocycles. The summed E-state index contributed by atoms with van der Waals surface area (Å²) in [6, 6.07) is 4.40.